The zero-order valence-corrected chi connectivity index (χ0v) is 27.0. The molecule has 4 aromatic rings. The van der Waals surface area contributed by atoms with E-state index >= 15 is 0 Å². The van der Waals surface area contributed by atoms with E-state index in [0.717, 1.165) is 49.2 Å². The van der Waals surface area contributed by atoms with Gasteiger partial charge in [0.05, 0.1) is 11.4 Å². The molecule has 0 spiro atoms. The number of rotatable bonds is 7. The zero-order valence-electron chi connectivity index (χ0n) is 27.0. The fraction of sp³-hybridized carbons (Fsp3) is 0.282. The molecule has 244 valence electrons. The summed E-state index contributed by atoms with van der Waals surface area (Å²) in [5.41, 5.74) is 11.6. The van der Waals surface area contributed by atoms with Gasteiger partial charge in [-0.15, -0.1) is 0 Å². The van der Waals surface area contributed by atoms with Crippen LogP contribution in [0.5, 0.6) is 0 Å². The van der Waals surface area contributed by atoms with Crippen molar-refractivity contribution in [2.24, 2.45) is 17.6 Å². The molecule has 48 heavy (non-hydrogen) atoms. The van der Waals surface area contributed by atoms with E-state index in [1.165, 1.54) is 0 Å². The van der Waals surface area contributed by atoms with Gasteiger partial charge >= 0.3 is 0 Å². The maximum absolute atomic E-state index is 14.0. The highest BCUT2D eigenvalue weighted by Crippen LogP contribution is 2.41. The van der Waals surface area contributed by atoms with Gasteiger partial charge in [0.15, 0.2) is 0 Å². The summed E-state index contributed by atoms with van der Waals surface area (Å²) in [5.74, 6) is -1.01. The van der Waals surface area contributed by atoms with Crippen molar-refractivity contribution >= 4 is 40.7 Å². The van der Waals surface area contributed by atoms with Gasteiger partial charge in [0, 0.05) is 42.2 Å². The van der Waals surface area contributed by atoms with Crippen LogP contribution < -0.4 is 20.9 Å². The number of hydrogen-bond acceptors (Lipinski definition) is 5. The Balaban J connectivity index is 1.12. The second-order valence-electron chi connectivity index (χ2n) is 13.1. The first-order valence-corrected chi connectivity index (χ1v) is 16.6. The smallest absolute Gasteiger partial charge is 0.258 e. The first-order valence-electron chi connectivity index (χ1n) is 16.6. The van der Waals surface area contributed by atoms with E-state index in [2.05, 4.69) is 10.2 Å². The lowest BCUT2D eigenvalue weighted by molar-refractivity contribution is -0.127. The number of aryl methyl sites for hydroxylation is 1. The zero-order chi connectivity index (χ0) is 33.4. The van der Waals surface area contributed by atoms with E-state index in [0.29, 0.717) is 34.1 Å². The lowest BCUT2D eigenvalue weighted by Crippen LogP contribution is -2.60. The molecule has 9 heteroatoms. The number of nitrogens with one attached hydrogen (secondary N) is 1. The highest BCUT2D eigenvalue weighted by Gasteiger charge is 2.46. The molecule has 0 radical (unpaired) electrons. The molecular weight excluding hydrogens is 602 g/mol. The van der Waals surface area contributed by atoms with Crippen LogP contribution in [0.3, 0.4) is 0 Å². The highest BCUT2D eigenvalue weighted by molar-refractivity contribution is 6.13. The first kappa shape index (κ1) is 31.3. The number of nitrogens with zero attached hydrogens (tertiary/aromatic N) is 3. The van der Waals surface area contributed by atoms with E-state index < -0.39 is 11.9 Å². The maximum Gasteiger partial charge on any atom is 0.258 e. The number of piperidine rings is 3. The SMILES string of the molecule is Cc1ccc(-c2ccccc2C(=O)Nc2ccc(C(=O)N3CCC(=O)N(C(C(N)=O)C4CN5CCC4CC5)c4ccccc43)cc2)cc1. The maximum atomic E-state index is 14.0. The molecule has 4 heterocycles. The van der Waals surface area contributed by atoms with Crippen LogP contribution in [0.4, 0.5) is 17.1 Å². The summed E-state index contributed by atoms with van der Waals surface area (Å²) in [4.78, 5) is 59.8. The number of nitrogens with two attached hydrogens (primary N) is 1. The summed E-state index contributed by atoms with van der Waals surface area (Å²) >= 11 is 0. The van der Waals surface area contributed by atoms with Gasteiger partial charge in [-0.25, -0.2) is 0 Å². The predicted molar refractivity (Wildman–Crippen MR) is 187 cm³/mol. The molecule has 0 aliphatic carbocycles. The van der Waals surface area contributed by atoms with Crippen molar-refractivity contribution in [3.63, 3.8) is 0 Å². The van der Waals surface area contributed by atoms with Gasteiger partial charge < -0.3 is 20.9 Å². The Morgan fingerprint density at radius 3 is 2.15 bits per heavy atom. The molecule has 3 fully saturated rings. The minimum absolute atomic E-state index is 0.0554. The molecular formula is C39H39N5O4. The molecule has 4 aliphatic heterocycles. The third-order valence-electron chi connectivity index (χ3n) is 10.1. The fourth-order valence-corrected chi connectivity index (χ4v) is 7.61. The standard InChI is InChI=1S/C39H39N5O4/c1-25-10-12-26(13-11-25)30-6-2-3-7-31(30)38(47)41-29-16-14-28(15-17-29)39(48)43-23-20-35(45)44(34-9-5-4-8-33(34)43)36(37(40)46)32-24-42-21-18-27(32)19-22-42/h2-17,27,32,36H,18-24H2,1H3,(H2,40,46)(H,41,47). The predicted octanol–water partition coefficient (Wildman–Crippen LogP) is 5.49. The number of carbonyl (C=O) groups excluding carboxylic acids is 4. The van der Waals surface area contributed by atoms with Crippen LogP contribution in [-0.2, 0) is 9.59 Å². The summed E-state index contributed by atoms with van der Waals surface area (Å²) in [5, 5.41) is 2.97. The van der Waals surface area contributed by atoms with Gasteiger partial charge in [0.25, 0.3) is 11.8 Å². The Kier molecular flexibility index (Phi) is 8.54. The van der Waals surface area contributed by atoms with E-state index in [9.17, 15) is 19.2 Å². The average Bonchev–Trinajstić information content (AvgIpc) is 3.25. The molecule has 3 N–H and O–H groups in total. The van der Waals surface area contributed by atoms with Crippen LogP contribution in [-0.4, -0.2) is 60.7 Å². The molecule has 0 saturated carbocycles. The van der Waals surface area contributed by atoms with Crippen LogP contribution in [0, 0.1) is 18.8 Å². The Morgan fingerprint density at radius 1 is 0.812 bits per heavy atom. The molecule has 2 unspecified atom stereocenters. The van der Waals surface area contributed by atoms with Crippen molar-refractivity contribution in [3.05, 3.63) is 114 Å². The quantitative estimate of drug-likeness (QED) is 0.277. The van der Waals surface area contributed by atoms with Gasteiger partial charge in [-0.05, 0) is 92.4 Å². The number of carbonyl (C=O) groups is 4. The van der Waals surface area contributed by atoms with Crippen LogP contribution in [0.25, 0.3) is 11.1 Å². The van der Waals surface area contributed by atoms with Gasteiger partial charge in [0.1, 0.15) is 6.04 Å². The van der Waals surface area contributed by atoms with Gasteiger partial charge in [-0.3, -0.25) is 24.1 Å². The van der Waals surface area contributed by atoms with Gasteiger partial charge in [-0.1, -0.05) is 60.2 Å². The van der Waals surface area contributed by atoms with Crippen molar-refractivity contribution < 1.29 is 19.2 Å². The average molecular weight is 642 g/mol. The summed E-state index contributed by atoms with van der Waals surface area (Å²) in [6.45, 7) is 4.92. The van der Waals surface area contributed by atoms with Crippen molar-refractivity contribution in [2.75, 3.05) is 41.3 Å². The van der Waals surface area contributed by atoms with E-state index in [1.807, 2.05) is 67.6 Å². The molecule has 2 atom stereocenters. The van der Waals surface area contributed by atoms with E-state index in [1.54, 1.807) is 46.2 Å². The summed E-state index contributed by atoms with van der Waals surface area (Å²) in [6, 6.07) is 28.7. The third kappa shape index (κ3) is 5.97. The number of hydrogen-bond donors (Lipinski definition) is 2. The van der Waals surface area contributed by atoms with Crippen LogP contribution in [0.1, 0.15) is 45.5 Å². The number of fused-ring (bicyclic) bond motifs is 4. The molecule has 4 aliphatic rings. The number of benzene rings is 4. The van der Waals surface area contributed by atoms with Crippen molar-refractivity contribution in [3.8, 4) is 11.1 Å². The fourth-order valence-electron chi connectivity index (χ4n) is 7.61. The highest BCUT2D eigenvalue weighted by atomic mass is 16.2. The molecule has 3 saturated heterocycles. The Hall–Kier alpha value is -5.28. The third-order valence-corrected chi connectivity index (χ3v) is 10.1. The Bertz CT molecular complexity index is 1860. The largest absolute Gasteiger partial charge is 0.368 e. The lowest BCUT2D eigenvalue weighted by Gasteiger charge is -2.49. The summed E-state index contributed by atoms with van der Waals surface area (Å²) in [6.07, 6.45) is 2.02. The Labute approximate surface area is 280 Å². The molecule has 4 aromatic carbocycles. The van der Waals surface area contributed by atoms with Gasteiger partial charge in [-0.2, -0.15) is 0 Å². The van der Waals surface area contributed by atoms with Crippen LogP contribution >= 0.6 is 0 Å². The number of amides is 4. The molecule has 2 bridgehead atoms. The van der Waals surface area contributed by atoms with E-state index in [-0.39, 0.29) is 36.6 Å². The molecule has 9 nitrogen and oxygen atoms in total. The molecule has 0 aromatic heterocycles. The summed E-state index contributed by atoms with van der Waals surface area (Å²) < 4.78 is 0. The normalized spacial score (nSPS) is 20.9. The van der Waals surface area contributed by atoms with Crippen molar-refractivity contribution in [1.29, 1.82) is 0 Å². The minimum Gasteiger partial charge on any atom is -0.368 e. The topological polar surface area (TPSA) is 116 Å². The first-order chi connectivity index (χ1) is 23.3. The monoisotopic (exact) mass is 641 g/mol. The Morgan fingerprint density at radius 2 is 1.48 bits per heavy atom. The van der Waals surface area contributed by atoms with Crippen LogP contribution in [0.15, 0.2) is 97.1 Å². The lowest BCUT2D eigenvalue weighted by atomic mass is 9.74. The van der Waals surface area contributed by atoms with Crippen molar-refractivity contribution in [1.82, 2.24) is 4.90 Å². The van der Waals surface area contributed by atoms with Crippen LogP contribution in [0.2, 0.25) is 0 Å². The minimum atomic E-state index is -0.791. The van der Waals surface area contributed by atoms with Crippen molar-refractivity contribution in [2.45, 2.75) is 32.2 Å². The summed E-state index contributed by atoms with van der Waals surface area (Å²) in [7, 11) is 0. The second kappa shape index (κ2) is 13.1. The number of primary amides is 1. The number of anilines is 3. The van der Waals surface area contributed by atoms with E-state index in [4.69, 9.17) is 5.73 Å². The number of para-hydroxylation sites is 2. The second-order valence-corrected chi connectivity index (χ2v) is 13.1. The molecule has 4 amide bonds. The van der Waals surface area contributed by atoms with Gasteiger partial charge in [0.2, 0.25) is 11.8 Å². The molecule has 8 rings (SSSR count).